The molecule has 0 spiro atoms. The minimum Gasteiger partial charge on any atom is -0.259 e. The first kappa shape index (κ1) is 8.47. The van der Waals surface area contributed by atoms with Crippen molar-refractivity contribution >= 4 is 0 Å². The number of nitrogens with zero attached hydrogens (tertiary/aromatic N) is 2. The van der Waals surface area contributed by atoms with Gasteiger partial charge in [0.2, 0.25) is 5.70 Å². The zero-order valence-electron chi connectivity index (χ0n) is 6.49. The highest BCUT2D eigenvalue weighted by Crippen LogP contribution is 2.20. The van der Waals surface area contributed by atoms with E-state index in [4.69, 9.17) is 5.26 Å². The van der Waals surface area contributed by atoms with Crippen molar-refractivity contribution in [1.29, 1.82) is 5.26 Å². The highest BCUT2D eigenvalue weighted by molar-refractivity contribution is 5.22. The van der Waals surface area contributed by atoms with Crippen LogP contribution in [0.15, 0.2) is 23.4 Å². The summed E-state index contributed by atoms with van der Waals surface area (Å²) in [6, 6.07) is 2.01. The number of nitriles is 1. The van der Waals surface area contributed by atoms with E-state index in [-0.39, 0.29) is 10.6 Å². The molecule has 0 radical (unpaired) electrons. The van der Waals surface area contributed by atoms with Crippen LogP contribution < -0.4 is 0 Å². The summed E-state index contributed by atoms with van der Waals surface area (Å²) in [5.41, 5.74) is 1.21. The van der Waals surface area contributed by atoms with Gasteiger partial charge in [-0.1, -0.05) is 11.6 Å². The van der Waals surface area contributed by atoms with E-state index in [9.17, 15) is 10.1 Å². The maximum absolute atomic E-state index is 10.3. The van der Waals surface area contributed by atoms with Gasteiger partial charge in [0.15, 0.2) is 0 Å². The lowest BCUT2D eigenvalue weighted by molar-refractivity contribution is -0.428. The topological polar surface area (TPSA) is 66.9 Å². The first-order valence-corrected chi connectivity index (χ1v) is 3.64. The van der Waals surface area contributed by atoms with Crippen molar-refractivity contribution in [3.8, 4) is 6.07 Å². The predicted molar refractivity (Wildman–Crippen MR) is 42.6 cm³/mol. The molecule has 0 heterocycles. The van der Waals surface area contributed by atoms with Gasteiger partial charge >= 0.3 is 0 Å². The van der Waals surface area contributed by atoms with Crippen LogP contribution in [0.1, 0.15) is 19.3 Å². The van der Waals surface area contributed by atoms with Crippen LogP contribution in [0.5, 0.6) is 0 Å². The molecule has 0 aromatic rings. The molecule has 0 atom stereocenters. The van der Waals surface area contributed by atoms with E-state index in [2.05, 4.69) is 0 Å². The molecular formula is C8H8N2O2. The first-order valence-electron chi connectivity index (χ1n) is 3.64. The number of hydrogen-bond acceptors (Lipinski definition) is 3. The Hall–Kier alpha value is -1.63. The second kappa shape index (κ2) is 3.67. The molecule has 4 nitrogen and oxygen atoms in total. The summed E-state index contributed by atoms with van der Waals surface area (Å²) >= 11 is 0. The minimum atomic E-state index is -0.375. The Morgan fingerprint density at radius 1 is 1.58 bits per heavy atom. The van der Waals surface area contributed by atoms with Gasteiger partial charge < -0.3 is 0 Å². The van der Waals surface area contributed by atoms with Crippen LogP contribution in [0.25, 0.3) is 0 Å². The van der Waals surface area contributed by atoms with Crippen molar-refractivity contribution < 1.29 is 4.92 Å². The van der Waals surface area contributed by atoms with Crippen LogP contribution in [0.3, 0.4) is 0 Å². The molecule has 0 unspecified atom stereocenters. The van der Waals surface area contributed by atoms with Crippen molar-refractivity contribution in [1.82, 2.24) is 0 Å². The maximum Gasteiger partial charge on any atom is 0.246 e. The Morgan fingerprint density at radius 3 is 2.75 bits per heavy atom. The molecule has 0 aromatic carbocycles. The summed E-state index contributed by atoms with van der Waals surface area (Å²) in [7, 11) is 0. The lowest BCUT2D eigenvalue weighted by Crippen LogP contribution is -2.02. The third-order valence-electron chi connectivity index (χ3n) is 1.75. The molecule has 0 aromatic heterocycles. The summed E-state index contributed by atoms with van der Waals surface area (Å²) in [5.74, 6) is 0. The highest BCUT2D eigenvalue weighted by Gasteiger charge is 2.14. The monoisotopic (exact) mass is 164 g/mol. The van der Waals surface area contributed by atoms with Crippen LogP contribution in [-0.2, 0) is 0 Å². The van der Waals surface area contributed by atoms with E-state index in [1.165, 1.54) is 6.08 Å². The van der Waals surface area contributed by atoms with Gasteiger partial charge in [-0.2, -0.15) is 5.26 Å². The molecule has 0 saturated carbocycles. The summed E-state index contributed by atoms with van der Waals surface area (Å²) in [4.78, 5) is 9.89. The van der Waals surface area contributed by atoms with E-state index in [1.807, 2.05) is 6.07 Å². The molecule has 0 N–H and O–H groups in total. The number of allylic oxidation sites excluding steroid dienone is 4. The minimum absolute atomic E-state index is 0.233. The Labute approximate surface area is 70.0 Å². The zero-order valence-corrected chi connectivity index (χ0v) is 6.49. The summed E-state index contributed by atoms with van der Waals surface area (Å²) in [6.07, 6.45) is 4.61. The quantitative estimate of drug-likeness (QED) is 0.461. The van der Waals surface area contributed by atoms with E-state index in [0.29, 0.717) is 19.3 Å². The van der Waals surface area contributed by atoms with Crippen LogP contribution >= 0.6 is 0 Å². The standard InChI is InChI=1S/C8H8N2O2/c9-6-5-7-1-3-8(4-2-7)10(11)12/h1,3H,2,4-5H2. The van der Waals surface area contributed by atoms with Crippen molar-refractivity contribution in [3.63, 3.8) is 0 Å². The fourth-order valence-corrected chi connectivity index (χ4v) is 1.07. The van der Waals surface area contributed by atoms with Gasteiger partial charge in [-0.05, 0) is 6.42 Å². The zero-order chi connectivity index (χ0) is 8.97. The molecule has 1 aliphatic rings. The van der Waals surface area contributed by atoms with E-state index in [0.717, 1.165) is 5.57 Å². The molecule has 0 saturated heterocycles. The third kappa shape index (κ3) is 1.92. The molecule has 1 rings (SSSR count). The van der Waals surface area contributed by atoms with Crippen molar-refractivity contribution in [2.45, 2.75) is 19.3 Å². The van der Waals surface area contributed by atoms with Crippen LogP contribution in [0, 0.1) is 21.4 Å². The molecule has 62 valence electrons. The van der Waals surface area contributed by atoms with E-state index in [1.54, 1.807) is 6.08 Å². The Kier molecular flexibility index (Phi) is 2.59. The molecule has 0 fully saturated rings. The highest BCUT2D eigenvalue weighted by atomic mass is 16.6. The molecule has 0 aliphatic heterocycles. The smallest absolute Gasteiger partial charge is 0.246 e. The molecule has 0 amide bonds. The van der Waals surface area contributed by atoms with Gasteiger partial charge in [-0.25, -0.2) is 0 Å². The maximum atomic E-state index is 10.3. The van der Waals surface area contributed by atoms with Crippen LogP contribution in [0.2, 0.25) is 0 Å². The molecular weight excluding hydrogens is 156 g/mol. The van der Waals surface area contributed by atoms with E-state index < -0.39 is 0 Å². The van der Waals surface area contributed by atoms with Gasteiger partial charge in [0, 0.05) is 12.5 Å². The third-order valence-corrected chi connectivity index (χ3v) is 1.75. The van der Waals surface area contributed by atoms with Crippen molar-refractivity contribution in [3.05, 3.63) is 33.5 Å². The Morgan fingerprint density at radius 2 is 2.33 bits per heavy atom. The second-order valence-electron chi connectivity index (χ2n) is 2.57. The van der Waals surface area contributed by atoms with Crippen LogP contribution in [0.4, 0.5) is 0 Å². The van der Waals surface area contributed by atoms with Gasteiger partial charge in [-0.15, -0.1) is 0 Å². The Balaban J connectivity index is 2.68. The fraction of sp³-hybridized carbons (Fsp3) is 0.375. The van der Waals surface area contributed by atoms with Crippen molar-refractivity contribution in [2.75, 3.05) is 0 Å². The largest absolute Gasteiger partial charge is 0.259 e. The molecule has 1 aliphatic carbocycles. The SMILES string of the molecule is N#CCC1=CC=C([N+](=O)[O-])CC1. The lowest BCUT2D eigenvalue weighted by Gasteiger charge is -2.05. The fourth-order valence-electron chi connectivity index (χ4n) is 1.07. The summed E-state index contributed by atoms with van der Waals surface area (Å²) < 4.78 is 0. The summed E-state index contributed by atoms with van der Waals surface area (Å²) in [5, 5.41) is 18.6. The average molecular weight is 164 g/mol. The summed E-state index contributed by atoms with van der Waals surface area (Å²) in [6.45, 7) is 0. The van der Waals surface area contributed by atoms with Crippen molar-refractivity contribution in [2.24, 2.45) is 0 Å². The first-order chi connectivity index (χ1) is 5.74. The van der Waals surface area contributed by atoms with Gasteiger partial charge in [0.1, 0.15) is 0 Å². The number of nitro groups is 1. The lowest BCUT2D eigenvalue weighted by atomic mass is 10.0. The molecule has 12 heavy (non-hydrogen) atoms. The van der Waals surface area contributed by atoms with Gasteiger partial charge in [-0.3, -0.25) is 10.1 Å². The second-order valence-corrected chi connectivity index (χ2v) is 2.57. The Bertz CT molecular complexity index is 297. The normalized spacial score (nSPS) is 15.9. The molecule has 0 bridgehead atoms. The molecule has 4 heteroatoms. The van der Waals surface area contributed by atoms with Gasteiger partial charge in [0.25, 0.3) is 0 Å². The van der Waals surface area contributed by atoms with E-state index >= 15 is 0 Å². The predicted octanol–water partition coefficient (Wildman–Crippen LogP) is 1.78. The number of hydrogen-bond donors (Lipinski definition) is 0. The number of rotatable bonds is 2. The van der Waals surface area contributed by atoms with Gasteiger partial charge in [0.05, 0.1) is 17.4 Å². The van der Waals surface area contributed by atoms with Crippen LogP contribution in [-0.4, -0.2) is 4.92 Å². The average Bonchev–Trinajstić information content (AvgIpc) is 2.06.